The van der Waals surface area contributed by atoms with Gasteiger partial charge in [-0.2, -0.15) is 13.2 Å². The number of carbonyl (C=O) groups is 1. The molecule has 1 aliphatic rings. The summed E-state index contributed by atoms with van der Waals surface area (Å²) in [5.41, 5.74) is 1.25. The molecule has 0 radical (unpaired) electrons. The van der Waals surface area contributed by atoms with E-state index in [0.717, 1.165) is 11.5 Å². The Morgan fingerprint density at radius 3 is 2.64 bits per heavy atom. The first-order valence-electron chi connectivity index (χ1n) is 8.11. The van der Waals surface area contributed by atoms with Gasteiger partial charge in [0.2, 0.25) is 6.10 Å². The van der Waals surface area contributed by atoms with Crippen LogP contribution in [0, 0.1) is 0 Å². The van der Waals surface area contributed by atoms with Gasteiger partial charge < -0.3 is 9.84 Å². The molecule has 0 amide bonds. The zero-order valence-corrected chi connectivity index (χ0v) is 14.8. The largest absolute Gasteiger partial charge is 0.478 e. The summed E-state index contributed by atoms with van der Waals surface area (Å²) in [5.74, 6) is -1.91. The van der Waals surface area contributed by atoms with Gasteiger partial charge >= 0.3 is 12.1 Å². The summed E-state index contributed by atoms with van der Waals surface area (Å²) in [4.78, 5) is 15.7. The highest BCUT2D eigenvalue weighted by Crippen LogP contribution is 2.43. The van der Waals surface area contributed by atoms with Crippen LogP contribution in [0.3, 0.4) is 0 Å². The van der Waals surface area contributed by atoms with Crippen LogP contribution in [0.4, 0.5) is 13.2 Å². The van der Waals surface area contributed by atoms with Crippen LogP contribution in [0.5, 0.6) is 5.75 Å². The van der Waals surface area contributed by atoms with Gasteiger partial charge in [-0.15, -0.1) is 0 Å². The van der Waals surface area contributed by atoms with Gasteiger partial charge in [-0.3, -0.25) is 4.98 Å². The van der Waals surface area contributed by atoms with E-state index in [9.17, 15) is 23.1 Å². The second kappa shape index (κ2) is 6.53. The predicted octanol–water partition coefficient (Wildman–Crippen LogP) is 5.35. The average Bonchev–Trinajstić information content (AvgIpc) is 2.65. The molecule has 28 heavy (non-hydrogen) atoms. The number of halogens is 4. The van der Waals surface area contributed by atoms with Gasteiger partial charge in [0.25, 0.3) is 0 Å². The molecule has 1 unspecified atom stereocenters. The third-order valence-electron chi connectivity index (χ3n) is 4.39. The number of aromatic nitrogens is 1. The minimum atomic E-state index is -4.89. The number of benzene rings is 2. The summed E-state index contributed by atoms with van der Waals surface area (Å²) in [7, 11) is 0. The zero-order chi connectivity index (χ0) is 20.1. The SMILES string of the molecule is O=C(O)C1=Cc2cc(-c3cccc4cccnc34)cc(Cl)c2OC1C(F)(F)F. The quantitative estimate of drug-likeness (QED) is 0.624. The van der Waals surface area contributed by atoms with E-state index >= 15 is 0 Å². The van der Waals surface area contributed by atoms with Gasteiger partial charge in [-0.1, -0.05) is 35.9 Å². The molecule has 0 saturated carbocycles. The van der Waals surface area contributed by atoms with Crippen molar-refractivity contribution in [3.8, 4) is 16.9 Å². The fourth-order valence-electron chi connectivity index (χ4n) is 3.18. The number of pyridine rings is 1. The van der Waals surface area contributed by atoms with E-state index in [-0.39, 0.29) is 16.3 Å². The molecule has 0 bridgehead atoms. The number of carboxylic acid groups (broad SMARTS) is 1. The number of rotatable bonds is 2. The minimum absolute atomic E-state index is 0.0460. The summed E-state index contributed by atoms with van der Waals surface area (Å²) in [5, 5.41) is 10.0. The summed E-state index contributed by atoms with van der Waals surface area (Å²) in [6, 6.07) is 12.2. The van der Waals surface area contributed by atoms with Gasteiger partial charge in [0.15, 0.2) is 0 Å². The van der Waals surface area contributed by atoms with Crippen molar-refractivity contribution in [2.24, 2.45) is 0 Å². The number of fused-ring (bicyclic) bond motifs is 2. The van der Waals surface area contributed by atoms with E-state index in [1.807, 2.05) is 18.2 Å². The number of aliphatic carboxylic acids is 1. The van der Waals surface area contributed by atoms with E-state index in [1.54, 1.807) is 24.4 Å². The fourth-order valence-corrected chi connectivity index (χ4v) is 3.45. The van der Waals surface area contributed by atoms with Crippen molar-refractivity contribution >= 4 is 34.5 Å². The number of para-hydroxylation sites is 1. The molecular weight excluding hydrogens is 395 g/mol. The first-order chi connectivity index (χ1) is 13.3. The van der Waals surface area contributed by atoms with Gasteiger partial charge in [0.1, 0.15) is 5.75 Å². The maximum absolute atomic E-state index is 13.2. The summed E-state index contributed by atoms with van der Waals surface area (Å²) < 4.78 is 44.6. The number of hydrogen-bond donors (Lipinski definition) is 1. The maximum Gasteiger partial charge on any atom is 0.430 e. The first kappa shape index (κ1) is 18.3. The Balaban J connectivity index is 1.91. The molecule has 4 rings (SSSR count). The lowest BCUT2D eigenvalue weighted by molar-refractivity contribution is -0.187. The van der Waals surface area contributed by atoms with Crippen molar-refractivity contribution in [3.63, 3.8) is 0 Å². The number of nitrogens with zero attached hydrogens (tertiary/aromatic N) is 1. The first-order valence-corrected chi connectivity index (χ1v) is 8.49. The van der Waals surface area contributed by atoms with E-state index in [0.29, 0.717) is 16.6 Å². The van der Waals surface area contributed by atoms with Crippen molar-refractivity contribution in [2.75, 3.05) is 0 Å². The highest BCUT2D eigenvalue weighted by molar-refractivity contribution is 6.32. The molecule has 0 fully saturated rings. The van der Waals surface area contributed by atoms with Crippen LogP contribution < -0.4 is 4.74 Å². The lowest BCUT2D eigenvalue weighted by Gasteiger charge is -2.28. The summed E-state index contributed by atoms with van der Waals surface area (Å²) >= 11 is 6.20. The van der Waals surface area contributed by atoms with Gasteiger partial charge in [-0.25, -0.2) is 4.79 Å². The van der Waals surface area contributed by atoms with Crippen molar-refractivity contribution in [1.29, 1.82) is 0 Å². The average molecular weight is 406 g/mol. The van der Waals surface area contributed by atoms with E-state index in [1.165, 1.54) is 6.07 Å². The molecule has 0 spiro atoms. The Labute approximate surface area is 161 Å². The Kier molecular flexibility index (Phi) is 4.27. The predicted molar refractivity (Wildman–Crippen MR) is 98.3 cm³/mol. The van der Waals surface area contributed by atoms with Crippen LogP contribution in [-0.2, 0) is 4.79 Å². The van der Waals surface area contributed by atoms with Gasteiger partial charge in [-0.05, 0) is 29.8 Å². The monoisotopic (exact) mass is 405 g/mol. The normalized spacial score (nSPS) is 16.3. The Hall–Kier alpha value is -3.06. The summed E-state index contributed by atoms with van der Waals surface area (Å²) in [6.07, 6.45) is -4.89. The molecule has 0 saturated heterocycles. The molecule has 0 aliphatic carbocycles. The van der Waals surface area contributed by atoms with Crippen LogP contribution in [0.2, 0.25) is 5.02 Å². The van der Waals surface area contributed by atoms with Crippen LogP contribution in [0.1, 0.15) is 5.56 Å². The molecule has 8 heteroatoms. The molecule has 2 heterocycles. The van der Waals surface area contributed by atoms with E-state index < -0.39 is 23.8 Å². The highest BCUT2D eigenvalue weighted by atomic mass is 35.5. The lowest BCUT2D eigenvalue weighted by atomic mass is 9.96. The number of carboxylic acids is 1. The third-order valence-corrected chi connectivity index (χ3v) is 4.67. The molecule has 1 N–H and O–H groups in total. The Morgan fingerprint density at radius 1 is 1.18 bits per heavy atom. The molecule has 1 atom stereocenters. The molecule has 1 aromatic heterocycles. The topological polar surface area (TPSA) is 59.4 Å². The lowest BCUT2D eigenvalue weighted by Crippen LogP contribution is -2.40. The van der Waals surface area contributed by atoms with Crippen LogP contribution in [0.25, 0.3) is 28.1 Å². The molecule has 1 aliphatic heterocycles. The second-order valence-corrected chi connectivity index (χ2v) is 6.61. The maximum atomic E-state index is 13.2. The third kappa shape index (κ3) is 3.07. The van der Waals surface area contributed by atoms with Gasteiger partial charge in [0.05, 0.1) is 16.1 Å². The standard InChI is InChI=1S/C20H11ClF3NO3/c21-15-9-11(13-5-1-3-10-4-2-6-25-16(10)13)7-12-8-14(19(26)27)18(20(22,23)24)28-17(12)15/h1-9,18H,(H,26,27). The minimum Gasteiger partial charge on any atom is -0.478 e. The van der Waals surface area contributed by atoms with E-state index in [2.05, 4.69) is 4.98 Å². The zero-order valence-electron chi connectivity index (χ0n) is 14.0. The van der Waals surface area contributed by atoms with Crippen molar-refractivity contribution in [3.05, 3.63) is 64.8 Å². The van der Waals surface area contributed by atoms with Crippen molar-refractivity contribution in [2.45, 2.75) is 12.3 Å². The fraction of sp³-hybridized carbons (Fsp3) is 0.100. The number of alkyl halides is 3. The number of hydrogen-bond acceptors (Lipinski definition) is 3. The smallest absolute Gasteiger partial charge is 0.430 e. The molecule has 4 nitrogen and oxygen atoms in total. The van der Waals surface area contributed by atoms with Crippen LogP contribution >= 0.6 is 11.6 Å². The number of ether oxygens (including phenoxy) is 1. The van der Waals surface area contributed by atoms with Crippen molar-refractivity contribution in [1.82, 2.24) is 4.98 Å². The van der Waals surface area contributed by atoms with Crippen molar-refractivity contribution < 1.29 is 27.8 Å². The van der Waals surface area contributed by atoms with Crippen LogP contribution in [0.15, 0.2) is 54.2 Å². The second-order valence-electron chi connectivity index (χ2n) is 6.20. The molecule has 142 valence electrons. The Bertz CT molecular complexity index is 1140. The van der Waals surface area contributed by atoms with Crippen LogP contribution in [-0.4, -0.2) is 28.3 Å². The molecule has 2 aromatic carbocycles. The highest BCUT2D eigenvalue weighted by Gasteiger charge is 2.48. The molecular formula is C20H11ClF3NO3. The Morgan fingerprint density at radius 2 is 1.93 bits per heavy atom. The summed E-state index contributed by atoms with van der Waals surface area (Å²) in [6.45, 7) is 0. The van der Waals surface area contributed by atoms with Gasteiger partial charge in [0, 0.05) is 22.7 Å². The molecule has 3 aromatic rings. The van der Waals surface area contributed by atoms with E-state index in [4.69, 9.17) is 16.3 Å².